The molecule has 0 unspecified atom stereocenters. The Morgan fingerprint density at radius 3 is 2.76 bits per heavy atom. The van der Waals surface area contributed by atoms with Crippen molar-refractivity contribution in [3.05, 3.63) is 80.0 Å². The first kappa shape index (κ1) is 16.1. The summed E-state index contributed by atoms with van der Waals surface area (Å²) in [7, 11) is 0. The number of rotatable bonds is 3. The molecule has 4 nitrogen and oxygen atoms in total. The smallest absolute Gasteiger partial charge is 0.257 e. The highest BCUT2D eigenvalue weighted by atomic mass is 79.9. The summed E-state index contributed by atoms with van der Waals surface area (Å²) in [4.78, 5) is 25.6. The van der Waals surface area contributed by atoms with Crippen LogP contribution in [-0.2, 0) is 13.0 Å². The van der Waals surface area contributed by atoms with Crippen LogP contribution in [-0.4, -0.2) is 10.5 Å². The van der Waals surface area contributed by atoms with Crippen molar-refractivity contribution in [3.63, 3.8) is 0 Å². The van der Waals surface area contributed by atoms with E-state index in [9.17, 15) is 9.59 Å². The van der Waals surface area contributed by atoms with Crippen LogP contribution >= 0.6 is 15.9 Å². The lowest BCUT2D eigenvalue weighted by Crippen LogP contribution is -2.31. The van der Waals surface area contributed by atoms with Crippen LogP contribution in [0.3, 0.4) is 0 Å². The Morgan fingerprint density at radius 2 is 2.00 bits per heavy atom. The molecule has 1 aliphatic rings. The Balaban J connectivity index is 1.74. The van der Waals surface area contributed by atoms with E-state index in [-0.39, 0.29) is 22.9 Å². The maximum absolute atomic E-state index is 12.9. The number of pyridine rings is 1. The number of nitrogens with zero attached hydrogens (tertiary/aromatic N) is 1. The van der Waals surface area contributed by atoms with Crippen molar-refractivity contribution in [2.75, 3.05) is 0 Å². The van der Waals surface area contributed by atoms with Crippen LogP contribution in [0.2, 0.25) is 0 Å². The van der Waals surface area contributed by atoms with Crippen molar-refractivity contribution in [1.29, 1.82) is 0 Å². The fourth-order valence-corrected chi connectivity index (χ4v) is 3.97. The molecular formula is C20H17BrN2O2. The largest absolute Gasteiger partial charge is 0.346 e. The van der Waals surface area contributed by atoms with Gasteiger partial charge in [-0.25, -0.2) is 0 Å². The highest BCUT2D eigenvalue weighted by Crippen LogP contribution is 2.28. The second kappa shape index (κ2) is 6.15. The molecule has 25 heavy (non-hydrogen) atoms. The van der Waals surface area contributed by atoms with Gasteiger partial charge >= 0.3 is 0 Å². The molecule has 0 bridgehead atoms. The zero-order chi connectivity index (χ0) is 17.6. The molecule has 1 amide bonds. The highest BCUT2D eigenvalue weighted by molar-refractivity contribution is 9.10. The van der Waals surface area contributed by atoms with E-state index in [1.807, 2.05) is 47.9 Å². The van der Waals surface area contributed by atoms with Crippen molar-refractivity contribution >= 4 is 32.7 Å². The number of hydrogen-bond acceptors (Lipinski definition) is 2. The van der Waals surface area contributed by atoms with Crippen LogP contribution in [0.4, 0.5) is 0 Å². The van der Waals surface area contributed by atoms with E-state index in [0.29, 0.717) is 5.39 Å². The van der Waals surface area contributed by atoms with E-state index in [0.717, 1.165) is 34.1 Å². The third-order valence-corrected chi connectivity index (χ3v) is 5.19. The van der Waals surface area contributed by atoms with Gasteiger partial charge in [0, 0.05) is 22.6 Å². The van der Waals surface area contributed by atoms with E-state index >= 15 is 0 Å². The predicted octanol–water partition coefficient (Wildman–Crippen LogP) is 3.81. The quantitative estimate of drug-likeness (QED) is 0.731. The molecule has 2 aromatic carbocycles. The summed E-state index contributed by atoms with van der Waals surface area (Å²) >= 11 is 3.47. The van der Waals surface area contributed by atoms with Gasteiger partial charge in [0.05, 0.1) is 11.6 Å². The van der Waals surface area contributed by atoms with Crippen molar-refractivity contribution in [1.82, 2.24) is 9.88 Å². The minimum atomic E-state index is -0.333. The zero-order valence-corrected chi connectivity index (χ0v) is 15.3. The lowest BCUT2D eigenvalue weighted by Gasteiger charge is -2.15. The monoisotopic (exact) mass is 396 g/mol. The zero-order valence-electron chi connectivity index (χ0n) is 13.8. The van der Waals surface area contributed by atoms with E-state index in [2.05, 4.69) is 21.2 Å². The van der Waals surface area contributed by atoms with Crippen molar-refractivity contribution in [2.24, 2.45) is 0 Å². The van der Waals surface area contributed by atoms with Crippen LogP contribution < -0.4 is 10.7 Å². The molecule has 0 aliphatic carbocycles. The summed E-state index contributed by atoms with van der Waals surface area (Å²) in [6, 6.07) is 13.4. The summed E-state index contributed by atoms with van der Waals surface area (Å²) in [6.07, 6.45) is 2.57. The average Bonchev–Trinajstić information content (AvgIpc) is 3.01. The molecule has 1 atom stereocenters. The van der Waals surface area contributed by atoms with E-state index in [4.69, 9.17) is 0 Å². The van der Waals surface area contributed by atoms with Gasteiger partial charge in [0.25, 0.3) is 5.91 Å². The summed E-state index contributed by atoms with van der Waals surface area (Å²) in [5.41, 5.74) is 3.08. The topological polar surface area (TPSA) is 51.1 Å². The van der Waals surface area contributed by atoms with Gasteiger partial charge in [0.15, 0.2) is 0 Å². The Kier molecular flexibility index (Phi) is 3.96. The van der Waals surface area contributed by atoms with Crippen LogP contribution in [0.5, 0.6) is 0 Å². The van der Waals surface area contributed by atoms with Gasteiger partial charge in [0.2, 0.25) is 5.43 Å². The second-order valence-corrected chi connectivity index (χ2v) is 7.30. The first-order valence-electron chi connectivity index (χ1n) is 8.26. The number of benzene rings is 2. The molecule has 0 fully saturated rings. The minimum Gasteiger partial charge on any atom is -0.346 e. The number of halogens is 1. The molecule has 1 N–H and O–H groups in total. The minimum absolute atomic E-state index is 0.166. The number of aryl methyl sites for hydroxylation is 2. The van der Waals surface area contributed by atoms with Crippen LogP contribution in [0, 0.1) is 0 Å². The van der Waals surface area contributed by atoms with Crippen LogP contribution in [0.15, 0.2) is 57.9 Å². The van der Waals surface area contributed by atoms with Gasteiger partial charge in [-0.1, -0.05) is 46.3 Å². The molecule has 0 saturated heterocycles. The van der Waals surface area contributed by atoms with Gasteiger partial charge in [0.1, 0.15) is 5.56 Å². The summed E-state index contributed by atoms with van der Waals surface area (Å²) in [5.74, 6) is -0.333. The third-order valence-electron chi connectivity index (χ3n) is 4.73. The second-order valence-electron chi connectivity index (χ2n) is 6.38. The number of aromatic nitrogens is 1. The number of carbonyl (C=O) groups is 1. The van der Waals surface area contributed by atoms with Crippen molar-refractivity contribution < 1.29 is 4.79 Å². The molecule has 3 aromatic rings. The molecule has 1 aliphatic heterocycles. The molecule has 0 radical (unpaired) electrons. The van der Waals surface area contributed by atoms with Gasteiger partial charge in [-0.2, -0.15) is 0 Å². The van der Waals surface area contributed by atoms with Gasteiger partial charge < -0.3 is 9.88 Å². The number of hydrogen-bond donors (Lipinski definition) is 1. The van der Waals surface area contributed by atoms with E-state index in [1.165, 1.54) is 0 Å². The average molecular weight is 397 g/mol. The SMILES string of the molecule is C[C@@H](NC(=O)c1cn2c3c(cc(Br)cc3c1=O)CC2)c1ccccc1. The van der Waals surface area contributed by atoms with Crippen molar-refractivity contribution in [2.45, 2.75) is 25.9 Å². The fraction of sp³-hybridized carbons (Fsp3) is 0.200. The maximum Gasteiger partial charge on any atom is 0.257 e. The molecule has 0 saturated carbocycles. The van der Waals surface area contributed by atoms with Gasteiger partial charge in [-0.3, -0.25) is 9.59 Å². The Bertz CT molecular complexity index is 1040. The number of carbonyl (C=O) groups excluding carboxylic acids is 1. The van der Waals surface area contributed by atoms with Crippen LogP contribution in [0.25, 0.3) is 10.9 Å². The molecule has 5 heteroatoms. The molecule has 4 rings (SSSR count). The maximum atomic E-state index is 12.9. The first-order valence-corrected chi connectivity index (χ1v) is 9.05. The first-order chi connectivity index (χ1) is 12.0. The normalized spacial score (nSPS) is 13.8. The van der Waals surface area contributed by atoms with Gasteiger partial charge in [-0.15, -0.1) is 0 Å². The summed E-state index contributed by atoms with van der Waals surface area (Å²) in [6.45, 7) is 2.71. The van der Waals surface area contributed by atoms with Crippen LogP contribution in [0.1, 0.15) is 34.5 Å². The molecule has 0 spiro atoms. The standard InChI is InChI=1S/C20H17BrN2O2/c1-12(13-5-3-2-4-6-13)22-20(25)17-11-23-8-7-14-9-15(21)10-16(18(14)23)19(17)24/h2-6,9-12H,7-8H2,1H3,(H,22,25)/t12-/m1/s1. The lowest BCUT2D eigenvalue weighted by molar-refractivity contribution is 0.0938. The fourth-order valence-electron chi connectivity index (χ4n) is 3.46. The number of nitrogens with one attached hydrogen (secondary N) is 1. The van der Waals surface area contributed by atoms with E-state index in [1.54, 1.807) is 12.3 Å². The molecule has 1 aromatic heterocycles. The van der Waals surface area contributed by atoms with E-state index < -0.39 is 0 Å². The highest BCUT2D eigenvalue weighted by Gasteiger charge is 2.22. The molecule has 2 heterocycles. The summed E-state index contributed by atoms with van der Waals surface area (Å²) < 4.78 is 2.89. The Labute approximate surface area is 153 Å². The number of amides is 1. The van der Waals surface area contributed by atoms with Crippen molar-refractivity contribution in [3.8, 4) is 0 Å². The predicted molar refractivity (Wildman–Crippen MR) is 102 cm³/mol. The molecule has 126 valence electrons. The van der Waals surface area contributed by atoms with Gasteiger partial charge in [-0.05, 0) is 36.6 Å². The Hall–Kier alpha value is -2.40. The summed E-state index contributed by atoms with van der Waals surface area (Å²) in [5, 5.41) is 3.54. The third kappa shape index (κ3) is 2.78. The lowest BCUT2D eigenvalue weighted by atomic mass is 10.1. The molecular weight excluding hydrogens is 380 g/mol. The Morgan fingerprint density at radius 1 is 1.24 bits per heavy atom.